The van der Waals surface area contributed by atoms with Crippen molar-refractivity contribution in [3.63, 3.8) is 0 Å². The number of hydrogen-bond acceptors (Lipinski definition) is 4. The summed E-state index contributed by atoms with van der Waals surface area (Å²) in [5.74, 6) is -0.664. The molecule has 2 aliphatic rings. The van der Waals surface area contributed by atoms with Crippen molar-refractivity contribution in [2.24, 2.45) is 7.05 Å². The van der Waals surface area contributed by atoms with Gasteiger partial charge in [-0.3, -0.25) is 19.2 Å². The van der Waals surface area contributed by atoms with E-state index in [4.69, 9.17) is 0 Å². The van der Waals surface area contributed by atoms with Crippen molar-refractivity contribution in [3.8, 4) is 0 Å². The number of rotatable bonds is 3. The van der Waals surface area contributed by atoms with Crippen molar-refractivity contribution >= 4 is 23.5 Å². The van der Waals surface area contributed by atoms with Crippen LogP contribution in [0, 0.1) is 13.8 Å². The molecule has 8 heteroatoms. The fourth-order valence-corrected chi connectivity index (χ4v) is 3.77. The largest absolute Gasteiger partial charge is 0.325 e. The molecule has 2 heterocycles. The fraction of sp³-hybridized carbons (Fsp3) is 0.647. The van der Waals surface area contributed by atoms with Crippen LogP contribution in [0.5, 0.6) is 0 Å². The van der Waals surface area contributed by atoms with Crippen LogP contribution in [-0.4, -0.2) is 44.6 Å². The molecule has 2 fully saturated rings. The highest BCUT2D eigenvalue weighted by Gasteiger charge is 2.51. The molecule has 0 bridgehead atoms. The number of carbonyl (C=O) groups excluding carboxylic acids is 3. The Kier molecular flexibility index (Phi) is 4.53. The number of amides is 4. The van der Waals surface area contributed by atoms with E-state index in [1.54, 1.807) is 18.7 Å². The first kappa shape index (κ1) is 17.4. The van der Waals surface area contributed by atoms with E-state index < -0.39 is 17.5 Å². The van der Waals surface area contributed by atoms with Crippen molar-refractivity contribution in [2.75, 3.05) is 11.9 Å². The molecule has 1 aliphatic carbocycles. The van der Waals surface area contributed by atoms with E-state index >= 15 is 0 Å². The van der Waals surface area contributed by atoms with Gasteiger partial charge in [0.1, 0.15) is 12.1 Å². The topological polar surface area (TPSA) is 96.3 Å². The van der Waals surface area contributed by atoms with E-state index in [-0.39, 0.29) is 12.5 Å². The van der Waals surface area contributed by atoms with Gasteiger partial charge in [-0.25, -0.2) is 4.79 Å². The number of aromatic nitrogens is 2. The Hall–Kier alpha value is -2.38. The first-order valence-electron chi connectivity index (χ1n) is 8.78. The second kappa shape index (κ2) is 6.50. The lowest BCUT2D eigenvalue weighted by Gasteiger charge is -2.24. The van der Waals surface area contributed by atoms with Crippen molar-refractivity contribution in [1.82, 2.24) is 20.0 Å². The highest BCUT2D eigenvalue weighted by Crippen LogP contribution is 2.32. The maximum Gasteiger partial charge on any atom is 0.325 e. The number of nitrogens with one attached hydrogen (secondary N) is 2. The zero-order chi connectivity index (χ0) is 18.2. The molecule has 8 nitrogen and oxygen atoms in total. The normalized spacial score (nSPS) is 19.9. The molecule has 3 rings (SSSR count). The van der Waals surface area contributed by atoms with E-state index in [1.807, 2.05) is 6.92 Å². The number of urea groups is 1. The number of aryl methyl sites for hydroxylation is 2. The summed E-state index contributed by atoms with van der Waals surface area (Å²) in [6.45, 7) is 3.38. The molecule has 0 atom stereocenters. The molecule has 1 spiro atoms. The number of nitrogens with zero attached hydrogens (tertiary/aromatic N) is 3. The van der Waals surface area contributed by atoms with E-state index in [9.17, 15) is 14.4 Å². The Morgan fingerprint density at radius 1 is 1.20 bits per heavy atom. The van der Waals surface area contributed by atoms with Crippen LogP contribution in [0.15, 0.2) is 0 Å². The molecule has 1 aliphatic heterocycles. The second-order valence-corrected chi connectivity index (χ2v) is 7.04. The van der Waals surface area contributed by atoms with Crippen LogP contribution in [-0.2, 0) is 16.6 Å². The summed E-state index contributed by atoms with van der Waals surface area (Å²) < 4.78 is 1.68. The Labute approximate surface area is 146 Å². The SMILES string of the molecule is Cc1nn(C)c(C)c1NC(=O)CN1C(=O)NC2(CCCCCC2)C1=O. The first-order chi connectivity index (χ1) is 11.8. The van der Waals surface area contributed by atoms with Gasteiger partial charge in [-0.05, 0) is 26.7 Å². The quantitative estimate of drug-likeness (QED) is 0.812. The van der Waals surface area contributed by atoms with Crippen molar-refractivity contribution in [2.45, 2.75) is 57.9 Å². The van der Waals surface area contributed by atoms with Crippen molar-refractivity contribution in [3.05, 3.63) is 11.4 Å². The van der Waals surface area contributed by atoms with Gasteiger partial charge < -0.3 is 10.6 Å². The van der Waals surface area contributed by atoms with Crippen LogP contribution in [0.2, 0.25) is 0 Å². The summed E-state index contributed by atoms with van der Waals surface area (Å²) in [5.41, 5.74) is 1.34. The standard InChI is InChI=1S/C17H25N5O3/c1-11-14(12(2)21(3)20-11)18-13(23)10-22-15(24)17(19-16(22)25)8-6-4-5-7-9-17/h4-10H2,1-3H3,(H,18,23)(H,19,25). The second-order valence-electron chi connectivity index (χ2n) is 7.04. The summed E-state index contributed by atoms with van der Waals surface area (Å²) in [5, 5.41) is 9.87. The molecule has 1 saturated carbocycles. The summed E-state index contributed by atoms with van der Waals surface area (Å²) in [7, 11) is 1.80. The molecule has 1 aromatic rings. The van der Waals surface area contributed by atoms with Gasteiger partial charge >= 0.3 is 6.03 Å². The highest BCUT2D eigenvalue weighted by molar-refractivity contribution is 6.10. The maximum atomic E-state index is 12.8. The van der Waals surface area contributed by atoms with Crippen LogP contribution >= 0.6 is 0 Å². The maximum absolute atomic E-state index is 12.8. The molecule has 2 N–H and O–H groups in total. The lowest BCUT2D eigenvalue weighted by molar-refractivity contribution is -0.134. The van der Waals surface area contributed by atoms with Gasteiger partial charge in [0, 0.05) is 7.05 Å². The Bertz CT molecular complexity index is 716. The van der Waals surface area contributed by atoms with Gasteiger partial charge in [0.15, 0.2) is 0 Å². The molecule has 0 radical (unpaired) electrons. The predicted octanol–water partition coefficient (Wildman–Crippen LogP) is 1.62. The Morgan fingerprint density at radius 3 is 2.40 bits per heavy atom. The first-order valence-corrected chi connectivity index (χ1v) is 8.78. The number of anilines is 1. The van der Waals surface area contributed by atoms with Crippen LogP contribution < -0.4 is 10.6 Å². The van der Waals surface area contributed by atoms with E-state index in [0.29, 0.717) is 24.2 Å². The molecule has 1 aromatic heterocycles. The Morgan fingerprint density at radius 2 is 1.84 bits per heavy atom. The van der Waals surface area contributed by atoms with Crippen LogP contribution in [0.25, 0.3) is 0 Å². The minimum absolute atomic E-state index is 0.269. The zero-order valence-electron chi connectivity index (χ0n) is 15.0. The monoisotopic (exact) mass is 347 g/mol. The molecule has 0 unspecified atom stereocenters. The van der Waals surface area contributed by atoms with E-state index in [1.165, 1.54) is 0 Å². The summed E-state index contributed by atoms with van der Waals surface area (Å²) >= 11 is 0. The van der Waals surface area contributed by atoms with E-state index in [2.05, 4.69) is 15.7 Å². The lowest BCUT2D eigenvalue weighted by Crippen LogP contribution is -2.47. The highest BCUT2D eigenvalue weighted by atomic mass is 16.2. The third-order valence-corrected chi connectivity index (χ3v) is 5.28. The van der Waals surface area contributed by atoms with Gasteiger partial charge in [0.25, 0.3) is 5.91 Å². The number of carbonyl (C=O) groups is 3. The summed E-state index contributed by atoms with van der Waals surface area (Å²) in [6.07, 6.45) is 5.28. The van der Waals surface area contributed by atoms with Crippen LogP contribution in [0.3, 0.4) is 0 Å². The predicted molar refractivity (Wildman–Crippen MR) is 92.0 cm³/mol. The molecular weight excluding hydrogens is 322 g/mol. The van der Waals surface area contributed by atoms with Crippen LogP contribution in [0.4, 0.5) is 10.5 Å². The molecule has 4 amide bonds. The summed E-state index contributed by atoms with van der Waals surface area (Å²) in [4.78, 5) is 38.5. The average molecular weight is 347 g/mol. The lowest BCUT2D eigenvalue weighted by atomic mass is 9.90. The van der Waals surface area contributed by atoms with Gasteiger partial charge in [-0.2, -0.15) is 5.10 Å². The van der Waals surface area contributed by atoms with E-state index in [0.717, 1.165) is 36.3 Å². The fourth-order valence-electron chi connectivity index (χ4n) is 3.77. The number of imide groups is 1. The smallest absolute Gasteiger partial charge is 0.323 e. The Balaban J connectivity index is 1.71. The van der Waals surface area contributed by atoms with Crippen LogP contribution in [0.1, 0.15) is 49.9 Å². The minimum atomic E-state index is -0.812. The molecule has 1 saturated heterocycles. The third-order valence-electron chi connectivity index (χ3n) is 5.28. The number of hydrogen-bond donors (Lipinski definition) is 2. The van der Waals surface area contributed by atoms with Gasteiger partial charge in [0.2, 0.25) is 5.91 Å². The molecule has 25 heavy (non-hydrogen) atoms. The average Bonchev–Trinajstić information content (AvgIpc) is 2.84. The minimum Gasteiger partial charge on any atom is -0.323 e. The van der Waals surface area contributed by atoms with Gasteiger partial charge in [-0.1, -0.05) is 25.7 Å². The van der Waals surface area contributed by atoms with Gasteiger partial charge in [-0.15, -0.1) is 0 Å². The molecule has 0 aromatic carbocycles. The van der Waals surface area contributed by atoms with Gasteiger partial charge in [0.05, 0.1) is 17.1 Å². The molecular formula is C17H25N5O3. The van der Waals surface area contributed by atoms with Crippen molar-refractivity contribution in [1.29, 1.82) is 0 Å². The van der Waals surface area contributed by atoms with Crippen molar-refractivity contribution < 1.29 is 14.4 Å². The summed E-state index contributed by atoms with van der Waals surface area (Å²) in [6, 6.07) is -0.471. The molecule has 136 valence electrons. The zero-order valence-corrected chi connectivity index (χ0v) is 15.0. The third kappa shape index (κ3) is 3.12.